The van der Waals surface area contributed by atoms with E-state index in [1.165, 1.54) is 0 Å². The van der Waals surface area contributed by atoms with Crippen molar-refractivity contribution in [3.63, 3.8) is 0 Å². The normalized spacial score (nSPS) is 10.6. The Balaban J connectivity index is 1.87. The third-order valence-corrected chi connectivity index (χ3v) is 2.67. The van der Waals surface area contributed by atoms with Gasteiger partial charge < -0.3 is 10.1 Å². The van der Waals surface area contributed by atoms with Crippen LogP contribution in [0, 0.1) is 0 Å². The van der Waals surface area contributed by atoms with Gasteiger partial charge in [0.15, 0.2) is 5.75 Å². The predicted octanol–water partition coefficient (Wildman–Crippen LogP) is 1.89. The van der Waals surface area contributed by atoms with Crippen molar-refractivity contribution in [3.05, 3.63) is 42.0 Å². The highest BCUT2D eigenvalue weighted by atomic mass is 16.5. The van der Waals surface area contributed by atoms with E-state index in [-0.39, 0.29) is 0 Å². The van der Waals surface area contributed by atoms with E-state index in [4.69, 9.17) is 4.74 Å². The van der Waals surface area contributed by atoms with Crippen molar-refractivity contribution >= 4 is 0 Å². The average molecular weight is 260 g/mol. The summed E-state index contributed by atoms with van der Waals surface area (Å²) in [6.07, 6.45) is 4.67. The van der Waals surface area contributed by atoms with Gasteiger partial charge in [0.25, 0.3) is 0 Å². The van der Waals surface area contributed by atoms with Crippen molar-refractivity contribution in [1.29, 1.82) is 0 Å². The van der Waals surface area contributed by atoms with Crippen molar-refractivity contribution in [2.45, 2.75) is 26.5 Å². The molecule has 5 heteroatoms. The van der Waals surface area contributed by atoms with Crippen LogP contribution in [0.4, 0.5) is 0 Å². The van der Waals surface area contributed by atoms with Crippen molar-refractivity contribution in [2.24, 2.45) is 7.05 Å². The molecule has 0 saturated heterocycles. The molecule has 0 aliphatic heterocycles. The van der Waals surface area contributed by atoms with Crippen molar-refractivity contribution in [1.82, 2.24) is 20.1 Å². The second kappa shape index (κ2) is 6.89. The minimum absolute atomic E-state index is 0.466. The van der Waals surface area contributed by atoms with Gasteiger partial charge in [-0.2, -0.15) is 5.10 Å². The van der Waals surface area contributed by atoms with Gasteiger partial charge in [-0.3, -0.25) is 9.67 Å². The van der Waals surface area contributed by atoms with E-state index >= 15 is 0 Å². The van der Waals surface area contributed by atoms with Gasteiger partial charge in [-0.1, -0.05) is 13.0 Å². The van der Waals surface area contributed by atoms with Gasteiger partial charge in [0.05, 0.1) is 23.8 Å². The number of aromatic nitrogens is 3. The summed E-state index contributed by atoms with van der Waals surface area (Å²) in [7, 11) is 1.87. The van der Waals surface area contributed by atoms with Crippen LogP contribution in [0.5, 0.6) is 5.75 Å². The summed E-state index contributed by atoms with van der Waals surface area (Å²) in [4.78, 5) is 4.55. The highest BCUT2D eigenvalue weighted by Crippen LogP contribution is 2.10. The van der Waals surface area contributed by atoms with E-state index in [9.17, 15) is 0 Å². The Morgan fingerprint density at radius 1 is 1.32 bits per heavy atom. The maximum atomic E-state index is 5.63. The van der Waals surface area contributed by atoms with Crippen LogP contribution in [0.2, 0.25) is 0 Å². The van der Waals surface area contributed by atoms with Crippen LogP contribution in [-0.4, -0.2) is 21.3 Å². The van der Waals surface area contributed by atoms with Crippen LogP contribution in [-0.2, 0) is 20.2 Å². The van der Waals surface area contributed by atoms with Gasteiger partial charge in [0, 0.05) is 13.6 Å². The maximum Gasteiger partial charge on any atom is 0.157 e. The van der Waals surface area contributed by atoms with E-state index in [1.807, 2.05) is 31.4 Å². The zero-order chi connectivity index (χ0) is 13.5. The molecule has 0 aromatic carbocycles. The number of hydrogen-bond acceptors (Lipinski definition) is 4. The third-order valence-electron chi connectivity index (χ3n) is 2.67. The number of pyridine rings is 1. The molecular formula is C14H20N4O. The second-order valence-corrected chi connectivity index (χ2v) is 4.44. The zero-order valence-corrected chi connectivity index (χ0v) is 11.5. The molecular weight excluding hydrogens is 240 g/mol. The van der Waals surface area contributed by atoms with Crippen molar-refractivity contribution < 1.29 is 4.74 Å². The fourth-order valence-corrected chi connectivity index (χ4v) is 1.73. The molecule has 2 rings (SSSR count). The lowest BCUT2D eigenvalue weighted by molar-refractivity contribution is 0.300. The number of nitrogens with zero attached hydrogens (tertiary/aromatic N) is 3. The Morgan fingerprint density at radius 2 is 2.16 bits per heavy atom. The van der Waals surface area contributed by atoms with Crippen molar-refractivity contribution in [3.8, 4) is 5.75 Å². The van der Waals surface area contributed by atoms with E-state index in [2.05, 4.69) is 22.3 Å². The highest BCUT2D eigenvalue weighted by molar-refractivity contribution is 5.14. The molecule has 19 heavy (non-hydrogen) atoms. The monoisotopic (exact) mass is 260 g/mol. The summed E-state index contributed by atoms with van der Waals surface area (Å²) in [6.45, 7) is 4.43. The van der Waals surface area contributed by atoms with E-state index < -0.39 is 0 Å². The lowest BCUT2D eigenvalue weighted by Crippen LogP contribution is -2.15. The standard InChI is InChI=1S/C14H20N4O/c1-3-7-15-8-12-5-4-6-13(17-12)11-19-14-9-16-18(2)10-14/h4-6,9-10,15H,3,7-8,11H2,1-2H3. The molecule has 0 spiro atoms. The Kier molecular flexibility index (Phi) is 4.92. The second-order valence-electron chi connectivity index (χ2n) is 4.44. The molecule has 0 bridgehead atoms. The first-order chi connectivity index (χ1) is 9.28. The predicted molar refractivity (Wildman–Crippen MR) is 73.8 cm³/mol. The summed E-state index contributed by atoms with van der Waals surface area (Å²) >= 11 is 0. The number of ether oxygens (including phenoxy) is 1. The molecule has 0 fully saturated rings. The minimum Gasteiger partial charge on any atom is -0.484 e. The molecule has 2 aromatic rings. The highest BCUT2D eigenvalue weighted by Gasteiger charge is 2.01. The zero-order valence-electron chi connectivity index (χ0n) is 11.5. The SMILES string of the molecule is CCCNCc1cccc(COc2cnn(C)c2)n1. The average Bonchev–Trinajstić information content (AvgIpc) is 2.83. The van der Waals surface area contributed by atoms with E-state index in [0.29, 0.717) is 6.61 Å². The molecule has 5 nitrogen and oxygen atoms in total. The molecule has 0 aliphatic carbocycles. The van der Waals surface area contributed by atoms with E-state index in [1.54, 1.807) is 10.9 Å². The van der Waals surface area contributed by atoms with E-state index in [0.717, 1.165) is 36.6 Å². The number of rotatable bonds is 7. The van der Waals surface area contributed by atoms with Gasteiger partial charge in [-0.05, 0) is 25.1 Å². The van der Waals surface area contributed by atoms with Gasteiger partial charge in [0.1, 0.15) is 6.61 Å². The van der Waals surface area contributed by atoms with Gasteiger partial charge in [-0.15, -0.1) is 0 Å². The van der Waals surface area contributed by atoms with Crippen molar-refractivity contribution in [2.75, 3.05) is 6.54 Å². The summed E-state index contributed by atoms with van der Waals surface area (Å²) < 4.78 is 7.34. The number of hydrogen-bond donors (Lipinski definition) is 1. The van der Waals surface area contributed by atoms with Crippen LogP contribution in [0.25, 0.3) is 0 Å². The molecule has 2 aromatic heterocycles. The Bertz CT molecular complexity index is 510. The lowest BCUT2D eigenvalue weighted by atomic mass is 10.3. The summed E-state index contributed by atoms with van der Waals surface area (Å²) in [6, 6.07) is 6.01. The fraction of sp³-hybridized carbons (Fsp3) is 0.429. The smallest absolute Gasteiger partial charge is 0.157 e. The minimum atomic E-state index is 0.466. The summed E-state index contributed by atoms with van der Waals surface area (Å²) in [5, 5.41) is 7.40. The molecule has 0 atom stereocenters. The van der Waals surface area contributed by atoms with Gasteiger partial charge in [-0.25, -0.2) is 0 Å². The summed E-state index contributed by atoms with van der Waals surface area (Å²) in [5.41, 5.74) is 1.97. The van der Waals surface area contributed by atoms with Crippen LogP contribution in [0.1, 0.15) is 24.7 Å². The Labute approximate surface area is 113 Å². The fourth-order valence-electron chi connectivity index (χ4n) is 1.73. The number of nitrogens with one attached hydrogen (secondary N) is 1. The Morgan fingerprint density at radius 3 is 2.89 bits per heavy atom. The first kappa shape index (κ1) is 13.5. The Hall–Kier alpha value is -1.88. The molecule has 2 heterocycles. The molecule has 0 unspecified atom stereocenters. The summed E-state index contributed by atoms with van der Waals surface area (Å²) in [5.74, 6) is 0.763. The molecule has 0 aliphatic rings. The maximum absolute atomic E-state index is 5.63. The number of aryl methyl sites for hydroxylation is 1. The first-order valence-electron chi connectivity index (χ1n) is 6.55. The molecule has 0 amide bonds. The molecule has 1 N–H and O–H groups in total. The third kappa shape index (κ3) is 4.37. The van der Waals surface area contributed by atoms with Gasteiger partial charge in [0.2, 0.25) is 0 Å². The quantitative estimate of drug-likeness (QED) is 0.772. The van der Waals surface area contributed by atoms with Crippen LogP contribution in [0.15, 0.2) is 30.6 Å². The topological polar surface area (TPSA) is 52.0 Å². The van der Waals surface area contributed by atoms with Gasteiger partial charge >= 0.3 is 0 Å². The molecule has 0 saturated carbocycles. The largest absolute Gasteiger partial charge is 0.484 e. The van der Waals surface area contributed by atoms with Crippen LogP contribution >= 0.6 is 0 Å². The first-order valence-corrected chi connectivity index (χ1v) is 6.55. The van der Waals surface area contributed by atoms with Crippen LogP contribution in [0.3, 0.4) is 0 Å². The molecule has 0 radical (unpaired) electrons. The molecule has 102 valence electrons. The van der Waals surface area contributed by atoms with Crippen LogP contribution < -0.4 is 10.1 Å². The lowest BCUT2D eigenvalue weighted by Gasteiger charge is -2.06.